The molecule has 1 atom stereocenters. The fraction of sp³-hybridized carbons (Fsp3) is 0.571. The van der Waals surface area contributed by atoms with E-state index in [-0.39, 0.29) is 5.41 Å². The molecule has 16 heavy (non-hydrogen) atoms. The second-order valence-electron chi connectivity index (χ2n) is 5.43. The summed E-state index contributed by atoms with van der Waals surface area (Å²) in [5.74, 6) is 1.32. The number of hydrogen-bond acceptors (Lipinski definition) is 2. The second kappa shape index (κ2) is 5.35. The Kier molecular flexibility index (Phi) is 4.36. The zero-order valence-corrected chi connectivity index (χ0v) is 10.8. The van der Waals surface area contributed by atoms with Gasteiger partial charge in [-0.15, -0.1) is 0 Å². The van der Waals surface area contributed by atoms with Crippen molar-refractivity contribution in [2.45, 2.75) is 27.7 Å². The summed E-state index contributed by atoms with van der Waals surface area (Å²) in [6.45, 7) is 10.0. The van der Waals surface area contributed by atoms with Crippen molar-refractivity contribution in [2.24, 2.45) is 17.1 Å². The Balaban J connectivity index is 2.56. The fourth-order valence-electron chi connectivity index (χ4n) is 1.57. The Morgan fingerprint density at radius 2 is 2.00 bits per heavy atom. The van der Waals surface area contributed by atoms with Gasteiger partial charge < -0.3 is 10.5 Å². The highest BCUT2D eigenvalue weighted by Crippen LogP contribution is 2.26. The van der Waals surface area contributed by atoms with Crippen LogP contribution in [0.4, 0.5) is 0 Å². The Bertz CT molecular complexity index is 328. The van der Waals surface area contributed by atoms with Crippen LogP contribution in [0, 0.1) is 18.3 Å². The van der Waals surface area contributed by atoms with Gasteiger partial charge in [0.25, 0.3) is 0 Å². The van der Waals surface area contributed by atoms with Gasteiger partial charge in [-0.3, -0.25) is 0 Å². The van der Waals surface area contributed by atoms with Crippen molar-refractivity contribution in [2.75, 3.05) is 13.2 Å². The van der Waals surface area contributed by atoms with E-state index in [0.717, 1.165) is 5.75 Å². The smallest absolute Gasteiger partial charge is 0.119 e. The average Bonchev–Trinajstić information content (AvgIpc) is 2.16. The van der Waals surface area contributed by atoms with Crippen LogP contribution >= 0.6 is 0 Å². The Morgan fingerprint density at radius 3 is 2.50 bits per heavy atom. The lowest BCUT2D eigenvalue weighted by Gasteiger charge is -2.29. The largest absolute Gasteiger partial charge is 0.493 e. The first kappa shape index (κ1) is 13.0. The van der Waals surface area contributed by atoms with Crippen molar-refractivity contribution < 1.29 is 4.74 Å². The molecule has 0 aliphatic rings. The highest BCUT2D eigenvalue weighted by atomic mass is 16.5. The standard InChI is InChI=1S/C14H23NO/c1-11-6-5-7-13(8-11)16-10-12(9-15)14(2,3)4/h5-8,12H,9-10,15H2,1-4H3. The molecule has 0 bridgehead atoms. The molecule has 0 radical (unpaired) electrons. The van der Waals surface area contributed by atoms with Gasteiger partial charge in [-0.1, -0.05) is 32.9 Å². The first-order valence-corrected chi connectivity index (χ1v) is 5.83. The molecule has 90 valence electrons. The van der Waals surface area contributed by atoms with Crippen LogP contribution in [-0.4, -0.2) is 13.2 Å². The van der Waals surface area contributed by atoms with Crippen LogP contribution < -0.4 is 10.5 Å². The third-order valence-corrected chi connectivity index (χ3v) is 2.95. The number of ether oxygens (including phenoxy) is 1. The van der Waals surface area contributed by atoms with Gasteiger partial charge in [-0.05, 0) is 36.6 Å². The van der Waals surface area contributed by atoms with Crippen molar-refractivity contribution in [3.05, 3.63) is 29.8 Å². The molecule has 2 heteroatoms. The van der Waals surface area contributed by atoms with Gasteiger partial charge in [0.1, 0.15) is 5.75 Å². The lowest BCUT2D eigenvalue weighted by atomic mass is 9.81. The van der Waals surface area contributed by atoms with Gasteiger partial charge in [0.2, 0.25) is 0 Å². The minimum absolute atomic E-state index is 0.193. The van der Waals surface area contributed by atoms with E-state index in [4.69, 9.17) is 10.5 Å². The van der Waals surface area contributed by atoms with Gasteiger partial charge in [0, 0.05) is 5.92 Å². The topological polar surface area (TPSA) is 35.2 Å². The summed E-state index contributed by atoms with van der Waals surface area (Å²) in [4.78, 5) is 0. The predicted octanol–water partition coefficient (Wildman–Crippen LogP) is 2.99. The molecule has 0 spiro atoms. The number of aryl methyl sites for hydroxylation is 1. The van der Waals surface area contributed by atoms with Crippen molar-refractivity contribution in [1.29, 1.82) is 0 Å². The molecule has 1 rings (SSSR count). The van der Waals surface area contributed by atoms with Gasteiger partial charge in [-0.2, -0.15) is 0 Å². The molecule has 0 saturated carbocycles. The maximum absolute atomic E-state index is 5.79. The van der Waals surface area contributed by atoms with Crippen LogP contribution in [0.15, 0.2) is 24.3 Å². The number of rotatable bonds is 4. The summed E-state index contributed by atoms with van der Waals surface area (Å²) in [6, 6.07) is 8.12. The van der Waals surface area contributed by atoms with Gasteiger partial charge in [0.05, 0.1) is 6.61 Å². The highest BCUT2D eigenvalue weighted by molar-refractivity contribution is 5.27. The molecular weight excluding hydrogens is 198 g/mol. The molecular formula is C14H23NO. The molecule has 0 amide bonds. The van der Waals surface area contributed by atoms with Crippen LogP contribution in [0.2, 0.25) is 0 Å². The van der Waals surface area contributed by atoms with Gasteiger partial charge in [-0.25, -0.2) is 0 Å². The molecule has 0 aliphatic carbocycles. The minimum atomic E-state index is 0.193. The van der Waals surface area contributed by atoms with E-state index in [1.165, 1.54) is 5.56 Å². The number of nitrogens with two attached hydrogens (primary N) is 1. The third kappa shape index (κ3) is 3.86. The third-order valence-electron chi connectivity index (χ3n) is 2.95. The summed E-state index contributed by atoms with van der Waals surface area (Å²) >= 11 is 0. The van der Waals surface area contributed by atoms with Gasteiger partial charge in [0.15, 0.2) is 0 Å². The molecule has 0 saturated heterocycles. The molecule has 0 aromatic heterocycles. The highest BCUT2D eigenvalue weighted by Gasteiger charge is 2.23. The fourth-order valence-corrected chi connectivity index (χ4v) is 1.57. The molecule has 0 fully saturated rings. The SMILES string of the molecule is Cc1cccc(OCC(CN)C(C)(C)C)c1. The summed E-state index contributed by atoms with van der Waals surface area (Å²) < 4.78 is 5.79. The van der Waals surface area contributed by atoms with Crippen LogP contribution in [0.5, 0.6) is 5.75 Å². The molecule has 1 aromatic carbocycles. The van der Waals surface area contributed by atoms with E-state index in [9.17, 15) is 0 Å². The van der Waals surface area contributed by atoms with E-state index in [1.54, 1.807) is 0 Å². The average molecular weight is 221 g/mol. The summed E-state index contributed by atoms with van der Waals surface area (Å²) in [7, 11) is 0. The number of benzene rings is 1. The van der Waals surface area contributed by atoms with Gasteiger partial charge >= 0.3 is 0 Å². The van der Waals surface area contributed by atoms with Crippen molar-refractivity contribution >= 4 is 0 Å². The monoisotopic (exact) mass is 221 g/mol. The second-order valence-corrected chi connectivity index (χ2v) is 5.43. The van der Waals surface area contributed by atoms with Crippen LogP contribution in [-0.2, 0) is 0 Å². The number of hydrogen-bond donors (Lipinski definition) is 1. The molecule has 0 heterocycles. The van der Waals surface area contributed by atoms with Crippen molar-refractivity contribution in [1.82, 2.24) is 0 Å². The van der Waals surface area contributed by atoms with E-state index >= 15 is 0 Å². The van der Waals surface area contributed by atoms with Crippen molar-refractivity contribution in [3.63, 3.8) is 0 Å². The predicted molar refractivity (Wildman–Crippen MR) is 68.7 cm³/mol. The molecule has 1 unspecified atom stereocenters. The zero-order valence-electron chi connectivity index (χ0n) is 10.8. The zero-order chi connectivity index (χ0) is 12.2. The first-order chi connectivity index (χ1) is 7.43. The minimum Gasteiger partial charge on any atom is -0.493 e. The van der Waals surface area contributed by atoms with Crippen LogP contribution in [0.1, 0.15) is 26.3 Å². The summed E-state index contributed by atoms with van der Waals surface area (Å²) in [5.41, 5.74) is 7.19. The molecule has 2 N–H and O–H groups in total. The Hall–Kier alpha value is -1.02. The first-order valence-electron chi connectivity index (χ1n) is 5.83. The summed E-state index contributed by atoms with van der Waals surface area (Å²) in [5, 5.41) is 0. The Morgan fingerprint density at radius 1 is 1.31 bits per heavy atom. The summed E-state index contributed by atoms with van der Waals surface area (Å²) in [6.07, 6.45) is 0. The quantitative estimate of drug-likeness (QED) is 0.848. The molecule has 2 nitrogen and oxygen atoms in total. The van der Waals surface area contributed by atoms with E-state index in [1.807, 2.05) is 12.1 Å². The van der Waals surface area contributed by atoms with E-state index in [2.05, 4.69) is 39.8 Å². The normalized spacial score (nSPS) is 13.6. The van der Waals surface area contributed by atoms with E-state index in [0.29, 0.717) is 19.1 Å². The van der Waals surface area contributed by atoms with Crippen molar-refractivity contribution in [3.8, 4) is 5.75 Å². The lowest BCUT2D eigenvalue weighted by Crippen LogP contribution is -2.33. The molecule has 0 aliphatic heterocycles. The van der Waals surface area contributed by atoms with E-state index < -0.39 is 0 Å². The van der Waals surface area contributed by atoms with Crippen LogP contribution in [0.3, 0.4) is 0 Å². The lowest BCUT2D eigenvalue weighted by molar-refractivity contribution is 0.152. The maximum atomic E-state index is 5.79. The maximum Gasteiger partial charge on any atom is 0.119 e. The molecule has 1 aromatic rings. The Labute approximate surface area is 98.8 Å². The van der Waals surface area contributed by atoms with Crippen LogP contribution in [0.25, 0.3) is 0 Å².